The average Bonchev–Trinajstić information content (AvgIpc) is 2.30. The van der Waals surface area contributed by atoms with Crippen molar-refractivity contribution in [2.45, 2.75) is 76.9 Å². The van der Waals surface area contributed by atoms with Gasteiger partial charge in [-0.2, -0.15) is 0 Å². The molecular weight excluding hydrogens is 212 g/mol. The van der Waals surface area contributed by atoms with E-state index in [-0.39, 0.29) is 0 Å². The summed E-state index contributed by atoms with van der Waals surface area (Å²) >= 11 is 0. The van der Waals surface area contributed by atoms with Crippen molar-refractivity contribution in [2.24, 2.45) is 0 Å². The summed E-state index contributed by atoms with van der Waals surface area (Å²) in [5.74, 6) is 0.365. The summed E-state index contributed by atoms with van der Waals surface area (Å²) in [4.78, 5) is 14.5. The Balaban J connectivity index is 1.88. The van der Waals surface area contributed by atoms with Gasteiger partial charge in [0.25, 0.3) is 0 Å². The number of rotatable bonds is 2. The average molecular weight is 238 g/mol. The molecule has 0 spiro atoms. The van der Waals surface area contributed by atoms with Crippen molar-refractivity contribution in [2.75, 3.05) is 6.54 Å². The molecule has 2 rings (SSSR count). The van der Waals surface area contributed by atoms with E-state index < -0.39 is 0 Å². The Kier molecular flexibility index (Phi) is 4.43. The molecule has 2 aliphatic rings. The van der Waals surface area contributed by atoms with Gasteiger partial charge in [0, 0.05) is 24.5 Å². The standard InChI is InChI=1S/C14H26N2O/c1-11-6-5-7-12(2)16(11)14(17)10-13-8-3-4-9-15-13/h11-13,15H,3-10H2,1-2H3. The molecule has 2 aliphatic heterocycles. The second-order valence-corrected chi connectivity index (χ2v) is 5.78. The van der Waals surface area contributed by atoms with Crippen molar-refractivity contribution in [1.29, 1.82) is 0 Å². The third-order valence-electron chi connectivity index (χ3n) is 4.31. The number of likely N-dealkylation sites (tertiary alicyclic amines) is 1. The Bertz CT molecular complexity index is 251. The maximum atomic E-state index is 12.4. The molecule has 0 saturated carbocycles. The Hall–Kier alpha value is -0.570. The number of hydrogen-bond acceptors (Lipinski definition) is 2. The Morgan fingerprint density at radius 1 is 1.12 bits per heavy atom. The van der Waals surface area contributed by atoms with Crippen molar-refractivity contribution in [3.8, 4) is 0 Å². The van der Waals surface area contributed by atoms with E-state index >= 15 is 0 Å². The van der Waals surface area contributed by atoms with E-state index in [2.05, 4.69) is 24.1 Å². The Labute approximate surface area is 105 Å². The minimum Gasteiger partial charge on any atom is -0.337 e. The number of carbonyl (C=O) groups excluding carboxylic acids is 1. The summed E-state index contributed by atoms with van der Waals surface area (Å²) in [6.45, 7) is 5.48. The van der Waals surface area contributed by atoms with Crippen LogP contribution in [0.3, 0.4) is 0 Å². The van der Waals surface area contributed by atoms with E-state index in [1.165, 1.54) is 38.5 Å². The lowest BCUT2D eigenvalue weighted by Crippen LogP contribution is -2.49. The lowest BCUT2D eigenvalue weighted by molar-refractivity contribution is -0.137. The fourth-order valence-corrected chi connectivity index (χ4v) is 3.33. The summed E-state index contributed by atoms with van der Waals surface area (Å²) in [6, 6.07) is 1.31. The highest BCUT2D eigenvalue weighted by Gasteiger charge is 2.30. The molecule has 3 heteroatoms. The fraction of sp³-hybridized carbons (Fsp3) is 0.929. The summed E-state index contributed by atoms with van der Waals surface area (Å²) in [7, 11) is 0. The number of nitrogens with one attached hydrogen (secondary N) is 1. The maximum Gasteiger partial charge on any atom is 0.224 e. The molecule has 2 saturated heterocycles. The highest BCUT2D eigenvalue weighted by Crippen LogP contribution is 2.24. The summed E-state index contributed by atoms with van der Waals surface area (Å²) in [5.41, 5.74) is 0. The SMILES string of the molecule is CC1CCCC(C)N1C(=O)CC1CCCCN1. The zero-order valence-corrected chi connectivity index (χ0v) is 11.2. The topological polar surface area (TPSA) is 32.3 Å². The van der Waals surface area contributed by atoms with Crippen LogP contribution in [-0.2, 0) is 4.79 Å². The van der Waals surface area contributed by atoms with Crippen LogP contribution >= 0.6 is 0 Å². The molecular formula is C14H26N2O. The van der Waals surface area contributed by atoms with E-state index in [9.17, 15) is 4.79 Å². The molecule has 98 valence electrons. The summed E-state index contributed by atoms with van der Waals surface area (Å²) < 4.78 is 0. The molecule has 1 amide bonds. The molecule has 0 bridgehead atoms. The first-order valence-corrected chi connectivity index (χ1v) is 7.23. The molecule has 3 nitrogen and oxygen atoms in total. The van der Waals surface area contributed by atoms with Crippen LogP contribution in [0.25, 0.3) is 0 Å². The van der Waals surface area contributed by atoms with Gasteiger partial charge in [0.15, 0.2) is 0 Å². The number of piperidine rings is 2. The van der Waals surface area contributed by atoms with Crippen LogP contribution in [0.15, 0.2) is 0 Å². The Morgan fingerprint density at radius 3 is 2.41 bits per heavy atom. The molecule has 0 aromatic carbocycles. The first kappa shape index (κ1) is 12.9. The fourth-order valence-electron chi connectivity index (χ4n) is 3.33. The van der Waals surface area contributed by atoms with Gasteiger partial charge >= 0.3 is 0 Å². The summed E-state index contributed by atoms with van der Waals surface area (Å²) in [6.07, 6.45) is 8.03. The molecule has 3 atom stereocenters. The number of carbonyl (C=O) groups is 1. The van der Waals surface area contributed by atoms with Crippen LogP contribution in [0.5, 0.6) is 0 Å². The molecule has 0 aromatic heterocycles. The minimum absolute atomic E-state index is 0.365. The molecule has 1 N–H and O–H groups in total. The van der Waals surface area contributed by atoms with E-state index in [0.29, 0.717) is 30.5 Å². The predicted octanol–water partition coefficient (Wildman–Crippen LogP) is 2.31. The third kappa shape index (κ3) is 3.21. The van der Waals surface area contributed by atoms with Crippen molar-refractivity contribution in [1.82, 2.24) is 10.2 Å². The van der Waals surface area contributed by atoms with E-state index in [1.807, 2.05) is 0 Å². The van der Waals surface area contributed by atoms with Gasteiger partial charge < -0.3 is 10.2 Å². The van der Waals surface area contributed by atoms with Gasteiger partial charge in [-0.05, 0) is 52.5 Å². The largest absolute Gasteiger partial charge is 0.337 e. The zero-order valence-electron chi connectivity index (χ0n) is 11.2. The lowest BCUT2D eigenvalue weighted by atomic mass is 9.95. The molecule has 0 aromatic rings. The van der Waals surface area contributed by atoms with E-state index in [4.69, 9.17) is 0 Å². The molecule has 0 aliphatic carbocycles. The minimum atomic E-state index is 0.365. The Morgan fingerprint density at radius 2 is 1.82 bits per heavy atom. The van der Waals surface area contributed by atoms with Crippen molar-refractivity contribution < 1.29 is 4.79 Å². The number of hydrogen-bond donors (Lipinski definition) is 1. The van der Waals surface area contributed by atoms with Crippen LogP contribution in [-0.4, -0.2) is 35.5 Å². The molecule has 2 fully saturated rings. The van der Waals surface area contributed by atoms with E-state index in [0.717, 1.165) is 6.54 Å². The molecule has 2 heterocycles. The zero-order chi connectivity index (χ0) is 12.3. The monoisotopic (exact) mass is 238 g/mol. The van der Waals surface area contributed by atoms with Gasteiger partial charge in [-0.25, -0.2) is 0 Å². The van der Waals surface area contributed by atoms with Gasteiger partial charge in [-0.15, -0.1) is 0 Å². The van der Waals surface area contributed by atoms with Crippen molar-refractivity contribution in [3.63, 3.8) is 0 Å². The molecule has 17 heavy (non-hydrogen) atoms. The summed E-state index contributed by atoms with van der Waals surface area (Å²) in [5, 5.41) is 3.47. The van der Waals surface area contributed by atoms with Crippen molar-refractivity contribution in [3.05, 3.63) is 0 Å². The third-order valence-corrected chi connectivity index (χ3v) is 4.31. The quantitative estimate of drug-likeness (QED) is 0.800. The van der Waals surface area contributed by atoms with Crippen LogP contribution in [0.1, 0.15) is 58.8 Å². The maximum absolute atomic E-state index is 12.4. The van der Waals surface area contributed by atoms with Gasteiger partial charge in [0.1, 0.15) is 0 Å². The highest BCUT2D eigenvalue weighted by atomic mass is 16.2. The van der Waals surface area contributed by atoms with Crippen LogP contribution in [0, 0.1) is 0 Å². The molecule has 0 radical (unpaired) electrons. The first-order valence-electron chi connectivity index (χ1n) is 7.23. The van der Waals surface area contributed by atoms with Gasteiger partial charge in [-0.1, -0.05) is 6.42 Å². The second kappa shape index (κ2) is 5.85. The normalized spacial score (nSPS) is 34.7. The van der Waals surface area contributed by atoms with Crippen LogP contribution < -0.4 is 5.32 Å². The predicted molar refractivity (Wildman–Crippen MR) is 69.9 cm³/mol. The first-order chi connectivity index (χ1) is 8.18. The number of amides is 1. The van der Waals surface area contributed by atoms with Crippen LogP contribution in [0.4, 0.5) is 0 Å². The van der Waals surface area contributed by atoms with Gasteiger partial charge in [0.05, 0.1) is 0 Å². The van der Waals surface area contributed by atoms with Gasteiger partial charge in [0.2, 0.25) is 5.91 Å². The lowest BCUT2D eigenvalue weighted by Gasteiger charge is -2.40. The van der Waals surface area contributed by atoms with E-state index in [1.54, 1.807) is 0 Å². The molecule has 3 unspecified atom stereocenters. The highest BCUT2D eigenvalue weighted by molar-refractivity contribution is 5.77. The smallest absolute Gasteiger partial charge is 0.224 e. The second-order valence-electron chi connectivity index (χ2n) is 5.78. The number of nitrogens with zero attached hydrogens (tertiary/aromatic N) is 1. The van der Waals surface area contributed by atoms with Crippen LogP contribution in [0.2, 0.25) is 0 Å². The van der Waals surface area contributed by atoms with Gasteiger partial charge in [-0.3, -0.25) is 4.79 Å². The van der Waals surface area contributed by atoms with Crippen molar-refractivity contribution >= 4 is 5.91 Å².